The second-order valence-electron chi connectivity index (χ2n) is 6.05. The monoisotopic (exact) mass is 362 g/mol. The molecule has 2 atom stereocenters. The van der Waals surface area contributed by atoms with Gasteiger partial charge in [-0.15, -0.1) is 0 Å². The molecule has 2 aromatic carbocycles. The summed E-state index contributed by atoms with van der Waals surface area (Å²) in [6, 6.07) is 15.1. The van der Waals surface area contributed by atoms with Crippen LogP contribution in [0.15, 0.2) is 54.6 Å². The maximum Gasteiger partial charge on any atom is 0.181 e. The lowest BCUT2D eigenvalue weighted by atomic mass is 10.1. The summed E-state index contributed by atoms with van der Waals surface area (Å²) in [5, 5.41) is 0.553. The van der Waals surface area contributed by atoms with E-state index in [9.17, 15) is 12.8 Å². The highest BCUT2D eigenvalue weighted by Crippen LogP contribution is 2.37. The Morgan fingerprint density at radius 1 is 0.875 bits per heavy atom. The van der Waals surface area contributed by atoms with Crippen molar-refractivity contribution in [2.75, 3.05) is 21.3 Å². The van der Waals surface area contributed by atoms with Crippen LogP contribution < -0.4 is 9.80 Å². The lowest BCUT2D eigenvalue weighted by Crippen LogP contribution is -2.37. The minimum Gasteiger partial charge on any atom is -0.312 e. The molecule has 0 radical (unpaired) electrons. The molecular weight excluding hydrogens is 347 g/mol. The molecule has 2 aliphatic rings. The number of sulfone groups is 1. The van der Waals surface area contributed by atoms with Gasteiger partial charge in [-0.05, 0) is 48.6 Å². The maximum atomic E-state index is 13.2. The van der Waals surface area contributed by atoms with Gasteiger partial charge in [0.25, 0.3) is 0 Å². The minimum atomic E-state index is -3.14. The predicted octanol–water partition coefficient (Wildman–Crippen LogP) is 2.60. The summed E-state index contributed by atoms with van der Waals surface area (Å²) in [5.41, 5.74) is 1.59. The fourth-order valence-corrected chi connectivity index (χ4v) is 5.90. The highest BCUT2D eigenvalue weighted by molar-refractivity contribution is 7.91. The Morgan fingerprint density at radius 3 is 1.92 bits per heavy atom. The SMILES string of the molecule is O=S1(=O)C[C@@H]2[C@H](C1)N(c1ccccc1)C(=S)N2c1ccc(F)cc1. The van der Waals surface area contributed by atoms with Crippen LogP contribution >= 0.6 is 12.2 Å². The lowest BCUT2D eigenvalue weighted by molar-refractivity contribution is 0.601. The van der Waals surface area contributed by atoms with Gasteiger partial charge in [0.1, 0.15) is 5.82 Å². The van der Waals surface area contributed by atoms with Crippen LogP contribution in [-0.4, -0.2) is 37.1 Å². The molecule has 0 aromatic heterocycles. The van der Waals surface area contributed by atoms with E-state index >= 15 is 0 Å². The van der Waals surface area contributed by atoms with Crippen LogP contribution in [0.2, 0.25) is 0 Å². The van der Waals surface area contributed by atoms with Gasteiger partial charge in [-0.2, -0.15) is 0 Å². The molecule has 0 unspecified atom stereocenters. The standard InChI is InChI=1S/C17H15FN2O2S2/c18-12-6-8-14(9-7-12)20-16-11-24(21,22)10-15(16)19(17(20)23)13-4-2-1-3-5-13/h1-9,15-16H,10-11H2/t15-,16+/m0/s1. The first-order valence-electron chi connectivity index (χ1n) is 7.60. The average Bonchev–Trinajstić information content (AvgIpc) is 2.98. The van der Waals surface area contributed by atoms with Crippen molar-refractivity contribution in [3.63, 3.8) is 0 Å². The highest BCUT2D eigenvalue weighted by atomic mass is 32.2. The first-order chi connectivity index (χ1) is 11.5. The van der Waals surface area contributed by atoms with E-state index in [1.54, 1.807) is 12.1 Å². The number of para-hydroxylation sites is 1. The van der Waals surface area contributed by atoms with Gasteiger partial charge in [-0.1, -0.05) is 18.2 Å². The van der Waals surface area contributed by atoms with E-state index in [1.807, 2.05) is 40.1 Å². The van der Waals surface area contributed by atoms with Gasteiger partial charge in [0.2, 0.25) is 0 Å². The topological polar surface area (TPSA) is 40.6 Å². The maximum absolute atomic E-state index is 13.2. The normalized spacial score (nSPS) is 25.1. The molecule has 4 nitrogen and oxygen atoms in total. The average molecular weight is 362 g/mol. The van der Waals surface area contributed by atoms with Gasteiger partial charge in [0, 0.05) is 11.4 Å². The number of benzene rings is 2. The smallest absolute Gasteiger partial charge is 0.181 e. The number of hydrogen-bond acceptors (Lipinski definition) is 3. The van der Waals surface area contributed by atoms with Gasteiger partial charge >= 0.3 is 0 Å². The number of nitrogens with zero attached hydrogens (tertiary/aromatic N) is 2. The third-order valence-electron chi connectivity index (χ3n) is 4.51. The molecule has 2 aromatic rings. The van der Waals surface area contributed by atoms with Crippen LogP contribution in [0, 0.1) is 5.82 Å². The number of halogens is 1. The van der Waals surface area contributed by atoms with Crippen molar-refractivity contribution in [2.24, 2.45) is 0 Å². The molecule has 0 amide bonds. The molecule has 0 spiro atoms. The molecular formula is C17H15FN2O2S2. The number of rotatable bonds is 2. The number of anilines is 2. The fraction of sp³-hybridized carbons (Fsp3) is 0.235. The van der Waals surface area contributed by atoms with Crippen molar-refractivity contribution in [2.45, 2.75) is 12.1 Å². The van der Waals surface area contributed by atoms with Crippen molar-refractivity contribution in [1.82, 2.24) is 0 Å². The van der Waals surface area contributed by atoms with E-state index in [4.69, 9.17) is 12.2 Å². The summed E-state index contributed by atoms with van der Waals surface area (Å²) in [7, 11) is -3.14. The number of thiocarbonyl (C=S) groups is 1. The van der Waals surface area contributed by atoms with Crippen LogP contribution in [0.4, 0.5) is 15.8 Å². The predicted molar refractivity (Wildman–Crippen MR) is 96.6 cm³/mol. The first-order valence-corrected chi connectivity index (χ1v) is 9.83. The third-order valence-corrected chi connectivity index (χ3v) is 6.60. The molecule has 2 saturated heterocycles. The van der Waals surface area contributed by atoms with Crippen LogP contribution in [-0.2, 0) is 9.84 Å². The molecule has 124 valence electrons. The van der Waals surface area contributed by atoms with Gasteiger partial charge < -0.3 is 9.80 Å². The first kappa shape index (κ1) is 15.5. The summed E-state index contributed by atoms with van der Waals surface area (Å²) in [4.78, 5) is 3.75. The Balaban J connectivity index is 1.80. The Kier molecular flexibility index (Phi) is 3.58. The summed E-state index contributed by atoms with van der Waals surface area (Å²) >= 11 is 5.65. The van der Waals surface area contributed by atoms with E-state index < -0.39 is 9.84 Å². The third kappa shape index (κ3) is 2.48. The van der Waals surface area contributed by atoms with Crippen LogP contribution in [0.1, 0.15) is 0 Å². The summed E-state index contributed by atoms with van der Waals surface area (Å²) in [6.45, 7) is 0. The molecule has 2 fully saturated rings. The fourth-order valence-electron chi connectivity index (χ4n) is 3.50. The molecule has 0 bridgehead atoms. The second kappa shape index (κ2) is 5.53. The zero-order valence-electron chi connectivity index (χ0n) is 12.7. The van der Waals surface area contributed by atoms with Crippen LogP contribution in [0.5, 0.6) is 0 Å². The van der Waals surface area contributed by atoms with Crippen molar-refractivity contribution in [3.05, 3.63) is 60.4 Å². The van der Waals surface area contributed by atoms with E-state index in [2.05, 4.69) is 0 Å². The molecule has 2 heterocycles. The molecule has 0 aliphatic carbocycles. The zero-order valence-corrected chi connectivity index (χ0v) is 14.3. The summed E-state index contributed by atoms with van der Waals surface area (Å²) in [5.74, 6) is -0.206. The van der Waals surface area contributed by atoms with Crippen molar-refractivity contribution in [1.29, 1.82) is 0 Å². The largest absolute Gasteiger partial charge is 0.312 e. The number of fused-ring (bicyclic) bond motifs is 1. The van der Waals surface area contributed by atoms with E-state index in [0.717, 1.165) is 5.69 Å². The summed E-state index contributed by atoms with van der Waals surface area (Å²) < 4.78 is 37.7. The quantitative estimate of drug-likeness (QED) is 0.768. The van der Waals surface area contributed by atoms with Gasteiger partial charge in [0.05, 0.1) is 23.6 Å². The van der Waals surface area contributed by atoms with Crippen molar-refractivity contribution in [3.8, 4) is 0 Å². The molecule has 2 aliphatic heterocycles. The molecule has 7 heteroatoms. The zero-order chi connectivity index (χ0) is 16.9. The Bertz CT molecular complexity index is 885. The Labute approximate surface area is 145 Å². The van der Waals surface area contributed by atoms with E-state index in [1.165, 1.54) is 12.1 Å². The molecule has 0 saturated carbocycles. The van der Waals surface area contributed by atoms with Gasteiger partial charge in [-0.25, -0.2) is 12.8 Å². The highest BCUT2D eigenvalue weighted by Gasteiger charge is 2.52. The van der Waals surface area contributed by atoms with Crippen LogP contribution in [0.3, 0.4) is 0 Å². The van der Waals surface area contributed by atoms with Gasteiger partial charge in [-0.3, -0.25) is 0 Å². The van der Waals surface area contributed by atoms with Gasteiger partial charge in [0.15, 0.2) is 14.9 Å². The van der Waals surface area contributed by atoms with E-state index in [-0.39, 0.29) is 29.4 Å². The van der Waals surface area contributed by atoms with Crippen molar-refractivity contribution >= 4 is 38.5 Å². The second-order valence-corrected chi connectivity index (χ2v) is 8.57. The lowest BCUT2D eigenvalue weighted by Gasteiger charge is -2.25. The van der Waals surface area contributed by atoms with Crippen molar-refractivity contribution < 1.29 is 12.8 Å². The molecule has 0 N–H and O–H groups in total. The van der Waals surface area contributed by atoms with E-state index in [0.29, 0.717) is 10.8 Å². The molecule has 24 heavy (non-hydrogen) atoms. The Morgan fingerprint density at radius 2 is 1.38 bits per heavy atom. The van der Waals surface area contributed by atoms with Crippen LogP contribution in [0.25, 0.3) is 0 Å². The Hall–Kier alpha value is -1.99. The minimum absolute atomic E-state index is 0.0541. The summed E-state index contributed by atoms with van der Waals surface area (Å²) in [6.07, 6.45) is 0. The number of hydrogen-bond donors (Lipinski definition) is 0. The molecule has 4 rings (SSSR count).